The van der Waals surface area contributed by atoms with Crippen LogP contribution in [0.15, 0.2) is 6.20 Å². The van der Waals surface area contributed by atoms with Crippen molar-refractivity contribution >= 4 is 5.97 Å². The van der Waals surface area contributed by atoms with Crippen molar-refractivity contribution in [2.45, 2.75) is 12.5 Å². The Balaban J connectivity index is 3.11. The van der Waals surface area contributed by atoms with Gasteiger partial charge in [0.15, 0.2) is 5.69 Å². The molecule has 1 N–H and O–H groups in total. The van der Waals surface area contributed by atoms with Crippen LogP contribution in [-0.4, -0.2) is 34.4 Å². The maximum absolute atomic E-state index is 12.2. The maximum Gasteiger partial charge on any atom is 0.358 e. The molecule has 0 aromatic carbocycles. The summed E-state index contributed by atoms with van der Waals surface area (Å²) in [6.45, 7) is 0. The Morgan fingerprint density at radius 1 is 1.67 bits per heavy atom. The number of aromatic nitrogens is 2. The number of esters is 1. The van der Waals surface area contributed by atoms with Crippen molar-refractivity contribution in [2.75, 3.05) is 7.11 Å². The lowest BCUT2D eigenvalue weighted by Crippen LogP contribution is -2.13. The summed E-state index contributed by atoms with van der Waals surface area (Å²) in [7, 11) is 2.56. The predicted molar refractivity (Wildman–Crippen MR) is 45.5 cm³/mol. The van der Waals surface area contributed by atoms with E-state index in [0.29, 0.717) is 0 Å². The fraction of sp³-hybridized carbons (Fsp3) is 0.500. The SMILES string of the molecule is COC(=O)c1nn(C)cc1C(O)C(F)F. The van der Waals surface area contributed by atoms with Crippen LogP contribution in [0.2, 0.25) is 0 Å². The van der Waals surface area contributed by atoms with Crippen LogP contribution in [0.4, 0.5) is 8.78 Å². The van der Waals surface area contributed by atoms with Crippen LogP contribution in [-0.2, 0) is 11.8 Å². The highest BCUT2D eigenvalue weighted by Gasteiger charge is 2.28. The highest BCUT2D eigenvalue weighted by molar-refractivity contribution is 5.88. The molecular weight excluding hydrogens is 210 g/mol. The molecule has 0 aliphatic rings. The van der Waals surface area contributed by atoms with E-state index in [-0.39, 0.29) is 11.3 Å². The number of carbonyl (C=O) groups excluding carboxylic acids is 1. The first-order valence-electron chi connectivity index (χ1n) is 4.05. The summed E-state index contributed by atoms with van der Waals surface area (Å²) in [4.78, 5) is 11.1. The van der Waals surface area contributed by atoms with Gasteiger partial charge in [-0.15, -0.1) is 0 Å². The van der Waals surface area contributed by atoms with Gasteiger partial charge in [0.25, 0.3) is 6.43 Å². The molecular formula is C8H10F2N2O3. The van der Waals surface area contributed by atoms with Crippen LogP contribution in [0.5, 0.6) is 0 Å². The molecule has 0 saturated carbocycles. The third-order valence-corrected chi connectivity index (χ3v) is 1.79. The Kier molecular flexibility index (Phi) is 3.35. The number of aliphatic hydroxyl groups is 1. The monoisotopic (exact) mass is 220 g/mol. The van der Waals surface area contributed by atoms with Gasteiger partial charge in [-0.05, 0) is 0 Å². The third-order valence-electron chi connectivity index (χ3n) is 1.79. The largest absolute Gasteiger partial charge is 0.464 e. The molecule has 0 amide bonds. The quantitative estimate of drug-likeness (QED) is 0.753. The van der Waals surface area contributed by atoms with Crippen LogP contribution >= 0.6 is 0 Å². The summed E-state index contributed by atoms with van der Waals surface area (Å²) in [5, 5.41) is 12.8. The molecule has 0 spiro atoms. The van der Waals surface area contributed by atoms with Crippen molar-refractivity contribution in [1.82, 2.24) is 9.78 Å². The average Bonchev–Trinajstić information content (AvgIpc) is 2.57. The Hall–Kier alpha value is -1.50. The van der Waals surface area contributed by atoms with Crippen LogP contribution < -0.4 is 0 Å². The summed E-state index contributed by atoms with van der Waals surface area (Å²) in [6.07, 6.45) is -3.85. The van der Waals surface area contributed by atoms with Gasteiger partial charge >= 0.3 is 5.97 Å². The number of hydrogen-bond acceptors (Lipinski definition) is 4. The minimum absolute atomic E-state index is 0.237. The molecule has 15 heavy (non-hydrogen) atoms. The van der Waals surface area contributed by atoms with Crippen molar-refractivity contribution in [3.8, 4) is 0 Å². The summed E-state index contributed by atoms with van der Waals surface area (Å²) in [6, 6.07) is 0. The Bertz CT molecular complexity index is 365. The van der Waals surface area contributed by atoms with Gasteiger partial charge in [0.05, 0.1) is 7.11 Å². The highest BCUT2D eigenvalue weighted by Crippen LogP contribution is 2.23. The molecule has 0 bridgehead atoms. The number of alkyl halides is 2. The van der Waals surface area contributed by atoms with E-state index in [9.17, 15) is 13.6 Å². The number of ether oxygens (including phenoxy) is 1. The zero-order chi connectivity index (χ0) is 11.6. The van der Waals surface area contributed by atoms with Gasteiger partial charge in [-0.3, -0.25) is 4.68 Å². The molecule has 1 unspecified atom stereocenters. The number of hydrogen-bond donors (Lipinski definition) is 1. The van der Waals surface area contributed by atoms with E-state index < -0.39 is 18.5 Å². The molecule has 5 nitrogen and oxygen atoms in total. The molecule has 84 valence electrons. The summed E-state index contributed by atoms with van der Waals surface area (Å²) in [5.41, 5.74) is -0.535. The number of halogens is 2. The van der Waals surface area contributed by atoms with E-state index in [4.69, 9.17) is 5.11 Å². The second-order valence-corrected chi connectivity index (χ2v) is 2.88. The molecule has 0 radical (unpaired) electrons. The fourth-order valence-electron chi connectivity index (χ4n) is 1.11. The number of rotatable bonds is 3. The van der Waals surface area contributed by atoms with Crippen LogP contribution in [0, 0.1) is 0 Å². The van der Waals surface area contributed by atoms with Crippen molar-refractivity contribution in [3.05, 3.63) is 17.5 Å². The minimum atomic E-state index is -2.97. The van der Waals surface area contributed by atoms with Gasteiger partial charge in [0.1, 0.15) is 6.10 Å². The number of aliphatic hydroxyl groups excluding tert-OH is 1. The molecule has 1 aromatic heterocycles. The van der Waals surface area contributed by atoms with Crippen LogP contribution in [0.25, 0.3) is 0 Å². The van der Waals surface area contributed by atoms with Crippen molar-refractivity contribution in [2.24, 2.45) is 7.05 Å². The lowest BCUT2D eigenvalue weighted by atomic mass is 10.1. The Morgan fingerprint density at radius 3 is 2.73 bits per heavy atom. The van der Waals surface area contributed by atoms with Gasteiger partial charge in [-0.1, -0.05) is 0 Å². The Morgan fingerprint density at radius 2 is 2.27 bits per heavy atom. The summed E-state index contributed by atoms with van der Waals surface area (Å²) < 4.78 is 30.0. The molecule has 0 aliphatic heterocycles. The van der Waals surface area contributed by atoms with Gasteiger partial charge in [-0.2, -0.15) is 5.10 Å². The minimum Gasteiger partial charge on any atom is -0.464 e. The first-order chi connectivity index (χ1) is 6.97. The first-order valence-corrected chi connectivity index (χ1v) is 4.05. The van der Waals surface area contributed by atoms with Gasteiger partial charge < -0.3 is 9.84 Å². The lowest BCUT2D eigenvalue weighted by molar-refractivity contribution is -0.00660. The Labute approximate surface area is 84.3 Å². The second kappa shape index (κ2) is 4.35. The number of aryl methyl sites for hydroxylation is 1. The molecule has 7 heteroatoms. The molecule has 0 fully saturated rings. The summed E-state index contributed by atoms with van der Waals surface area (Å²) >= 11 is 0. The first kappa shape index (κ1) is 11.6. The van der Waals surface area contributed by atoms with Crippen LogP contribution in [0.1, 0.15) is 22.2 Å². The molecule has 1 atom stereocenters. The van der Waals surface area contributed by atoms with Gasteiger partial charge in [-0.25, -0.2) is 13.6 Å². The lowest BCUT2D eigenvalue weighted by Gasteiger charge is -2.07. The standard InChI is InChI=1S/C8H10F2N2O3/c1-12-3-4(6(13)7(9)10)5(11-12)8(14)15-2/h3,6-7,13H,1-2H3. The zero-order valence-electron chi connectivity index (χ0n) is 8.15. The highest BCUT2D eigenvalue weighted by atomic mass is 19.3. The number of methoxy groups -OCH3 is 1. The van der Waals surface area contributed by atoms with Crippen LogP contribution in [0.3, 0.4) is 0 Å². The third kappa shape index (κ3) is 2.30. The topological polar surface area (TPSA) is 64.3 Å². The normalized spacial score (nSPS) is 12.9. The molecule has 1 rings (SSSR count). The number of nitrogens with zero attached hydrogens (tertiary/aromatic N) is 2. The predicted octanol–water partition coefficient (Wildman–Crippen LogP) is 0.505. The smallest absolute Gasteiger partial charge is 0.358 e. The zero-order valence-corrected chi connectivity index (χ0v) is 8.15. The molecule has 1 heterocycles. The van der Waals surface area contributed by atoms with E-state index in [1.165, 1.54) is 7.05 Å². The molecule has 1 aromatic rings. The summed E-state index contributed by atoms with van der Waals surface area (Å²) in [5.74, 6) is -0.856. The van der Waals surface area contributed by atoms with E-state index in [1.54, 1.807) is 0 Å². The van der Waals surface area contributed by atoms with Gasteiger partial charge in [0.2, 0.25) is 0 Å². The number of carbonyl (C=O) groups is 1. The maximum atomic E-state index is 12.2. The van der Waals surface area contributed by atoms with Crippen molar-refractivity contribution < 1.29 is 23.4 Å². The fourth-order valence-corrected chi connectivity index (χ4v) is 1.11. The van der Waals surface area contributed by atoms with E-state index >= 15 is 0 Å². The molecule has 0 saturated heterocycles. The van der Waals surface area contributed by atoms with Crippen molar-refractivity contribution in [1.29, 1.82) is 0 Å². The second-order valence-electron chi connectivity index (χ2n) is 2.88. The van der Waals surface area contributed by atoms with E-state index in [1.807, 2.05) is 0 Å². The van der Waals surface area contributed by atoms with E-state index in [2.05, 4.69) is 9.84 Å². The van der Waals surface area contributed by atoms with Crippen molar-refractivity contribution in [3.63, 3.8) is 0 Å². The average molecular weight is 220 g/mol. The van der Waals surface area contributed by atoms with E-state index in [0.717, 1.165) is 18.0 Å². The van der Waals surface area contributed by atoms with Gasteiger partial charge in [0, 0.05) is 18.8 Å². The molecule has 0 aliphatic carbocycles.